The van der Waals surface area contributed by atoms with Crippen molar-refractivity contribution in [1.82, 2.24) is 4.90 Å². The molecule has 0 aromatic carbocycles. The molecule has 90 valence electrons. The van der Waals surface area contributed by atoms with Crippen molar-refractivity contribution in [2.24, 2.45) is 11.7 Å². The average molecular weight is 273 g/mol. The van der Waals surface area contributed by atoms with Crippen LogP contribution >= 0.6 is 0 Å². The van der Waals surface area contributed by atoms with E-state index in [1.165, 1.54) is 32.4 Å². The second-order valence-electron chi connectivity index (χ2n) is 6.28. The van der Waals surface area contributed by atoms with E-state index in [1.54, 1.807) is 0 Å². The Morgan fingerprint density at radius 2 is 1.53 bits per heavy atom. The van der Waals surface area contributed by atoms with Crippen molar-refractivity contribution in [3.8, 4) is 0 Å². The molecule has 0 saturated carbocycles. The Labute approximate surface area is 98.0 Å². The van der Waals surface area contributed by atoms with Gasteiger partial charge in [-0.05, 0) is 0 Å². The summed E-state index contributed by atoms with van der Waals surface area (Å²) in [7, 11) is 0. The van der Waals surface area contributed by atoms with Gasteiger partial charge in [0.05, 0.1) is 0 Å². The van der Waals surface area contributed by atoms with Gasteiger partial charge in [-0.2, -0.15) is 0 Å². The molecule has 0 bridgehead atoms. The number of nitrogens with two attached hydrogens (primary N) is 1. The predicted octanol–water partition coefficient (Wildman–Crippen LogP) is 2.66. The summed E-state index contributed by atoms with van der Waals surface area (Å²) in [6, 6.07) is 0. The molecule has 1 aliphatic heterocycles. The van der Waals surface area contributed by atoms with Gasteiger partial charge in [-0.25, -0.2) is 0 Å². The minimum absolute atomic E-state index is 0.0282. The van der Waals surface area contributed by atoms with Gasteiger partial charge in [0.25, 0.3) is 0 Å². The SMILES string of the molecule is CC(C)[C](N)(N1CCCCC1)[Ge]([CH3])([CH3])[CH3]. The van der Waals surface area contributed by atoms with Crippen LogP contribution < -0.4 is 5.73 Å². The molecule has 1 fully saturated rings. The van der Waals surface area contributed by atoms with Crippen LogP contribution in [0.15, 0.2) is 0 Å². The first kappa shape index (κ1) is 13.5. The zero-order valence-corrected chi connectivity index (χ0v) is 13.2. The molecule has 0 amide bonds. The van der Waals surface area contributed by atoms with Crippen LogP contribution in [0.4, 0.5) is 0 Å². The van der Waals surface area contributed by atoms with Crippen LogP contribution in [0.25, 0.3) is 0 Å². The number of nitrogens with zero attached hydrogens (tertiary/aromatic N) is 1. The Bertz CT molecular complexity index is 204. The van der Waals surface area contributed by atoms with Gasteiger partial charge in [0.1, 0.15) is 0 Å². The fourth-order valence-corrected chi connectivity index (χ4v) is 9.06. The summed E-state index contributed by atoms with van der Waals surface area (Å²) < 4.78 is 0.0282. The summed E-state index contributed by atoms with van der Waals surface area (Å²) >= 11 is -1.88. The molecular weight excluding hydrogens is 245 g/mol. The van der Waals surface area contributed by atoms with E-state index in [2.05, 4.69) is 36.0 Å². The van der Waals surface area contributed by atoms with Crippen molar-refractivity contribution < 1.29 is 0 Å². The fraction of sp³-hybridized carbons (Fsp3) is 1.00. The molecule has 0 radical (unpaired) electrons. The van der Waals surface area contributed by atoms with Crippen molar-refractivity contribution in [3.63, 3.8) is 0 Å². The van der Waals surface area contributed by atoms with Gasteiger partial charge in [0, 0.05) is 0 Å². The number of rotatable bonds is 3. The van der Waals surface area contributed by atoms with E-state index in [-0.39, 0.29) is 4.50 Å². The molecule has 0 aromatic rings. The van der Waals surface area contributed by atoms with E-state index in [4.69, 9.17) is 5.73 Å². The Balaban J connectivity index is 2.89. The van der Waals surface area contributed by atoms with Crippen LogP contribution in [0.1, 0.15) is 33.1 Å². The Kier molecular flexibility index (Phi) is 4.29. The molecule has 0 spiro atoms. The third kappa shape index (κ3) is 2.59. The van der Waals surface area contributed by atoms with E-state index >= 15 is 0 Å². The van der Waals surface area contributed by atoms with Crippen LogP contribution in [-0.4, -0.2) is 35.8 Å². The summed E-state index contributed by atoms with van der Waals surface area (Å²) in [5.41, 5.74) is 6.80. The Hall–Kier alpha value is 0.463. The second-order valence-corrected chi connectivity index (χ2v) is 17.4. The van der Waals surface area contributed by atoms with Crippen molar-refractivity contribution in [2.45, 2.75) is 54.9 Å². The van der Waals surface area contributed by atoms with Gasteiger partial charge in [-0.3, -0.25) is 0 Å². The molecule has 2 N–H and O–H groups in total. The molecule has 0 aromatic heterocycles. The molecular formula is C12H28GeN2. The second kappa shape index (κ2) is 4.76. The van der Waals surface area contributed by atoms with Crippen LogP contribution in [0.2, 0.25) is 17.3 Å². The number of hydrogen-bond donors (Lipinski definition) is 1. The van der Waals surface area contributed by atoms with Gasteiger partial charge < -0.3 is 0 Å². The summed E-state index contributed by atoms with van der Waals surface area (Å²) in [5, 5.41) is 0. The van der Waals surface area contributed by atoms with Crippen molar-refractivity contribution >= 4 is 13.3 Å². The van der Waals surface area contributed by atoms with Gasteiger partial charge in [-0.15, -0.1) is 0 Å². The Morgan fingerprint density at radius 3 is 1.87 bits per heavy atom. The van der Waals surface area contributed by atoms with Gasteiger partial charge in [0.2, 0.25) is 0 Å². The molecule has 1 unspecified atom stereocenters. The first-order valence-corrected chi connectivity index (χ1v) is 13.7. The van der Waals surface area contributed by atoms with Gasteiger partial charge >= 0.3 is 97.8 Å². The maximum absolute atomic E-state index is 6.80. The molecule has 1 rings (SSSR count). The van der Waals surface area contributed by atoms with E-state index in [0.717, 1.165) is 0 Å². The van der Waals surface area contributed by atoms with E-state index in [9.17, 15) is 0 Å². The van der Waals surface area contributed by atoms with Crippen molar-refractivity contribution in [1.29, 1.82) is 0 Å². The molecule has 1 saturated heterocycles. The molecule has 0 aliphatic carbocycles. The number of likely N-dealkylation sites (tertiary alicyclic amines) is 1. The molecule has 1 aliphatic rings. The maximum atomic E-state index is 6.80. The fourth-order valence-electron chi connectivity index (χ4n) is 2.97. The zero-order valence-electron chi connectivity index (χ0n) is 11.1. The number of hydrogen-bond acceptors (Lipinski definition) is 2. The third-order valence-electron chi connectivity index (χ3n) is 3.96. The zero-order chi connectivity index (χ0) is 11.7. The van der Waals surface area contributed by atoms with Gasteiger partial charge in [0.15, 0.2) is 0 Å². The van der Waals surface area contributed by atoms with Gasteiger partial charge in [-0.1, -0.05) is 0 Å². The van der Waals surface area contributed by atoms with E-state index in [0.29, 0.717) is 5.92 Å². The van der Waals surface area contributed by atoms with E-state index in [1.807, 2.05) is 0 Å². The predicted molar refractivity (Wildman–Crippen MR) is 70.5 cm³/mol. The summed E-state index contributed by atoms with van der Waals surface area (Å²) in [6.07, 6.45) is 4.07. The van der Waals surface area contributed by atoms with Crippen LogP contribution in [0.5, 0.6) is 0 Å². The van der Waals surface area contributed by atoms with Crippen LogP contribution in [-0.2, 0) is 0 Å². The monoisotopic (exact) mass is 274 g/mol. The molecule has 2 nitrogen and oxygen atoms in total. The summed E-state index contributed by atoms with van der Waals surface area (Å²) in [6.45, 7) is 7.03. The average Bonchev–Trinajstić information content (AvgIpc) is 2.16. The first-order valence-electron chi connectivity index (χ1n) is 6.34. The summed E-state index contributed by atoms with van der Waals surface area (Å²) in [4.78, 5) is 2.60. The third-order valence-corrected chi connectivity index (χ3v) is 10.9. The van der Waals surface area contributed by atoms with Crippen LogP contribution in [0, 0.1) is 5.92 Å². The number of piperidine rings is 1. The standard InChI is InChI=1S/C12H28GeN2/c1-11(2)12(14,13(3,4)5)15-9-7-6-8-10-15/h11H,6-10,14H2,1-5H3. The molecule has 15 heavy (non-hydrogen) atoms. The summed E-state index contributed by atoms with van der Waals surface area (Å²) in [5.74, 6) is 7.94. The molecule has 3 heteroatoms. The van der Waals surface area contributed by atoms with E-state index < -0.39 is 13.3 Å². The van der Waals surface area contributed by atoms with Crippen molar-refractivity contribution in [3.05, 3.63) is 0 Å². The quantitative estimate of drug-likeness (QED) is 0.801. The molecule has 1 heterocycles. The first-order chi connectivity index (χ1) is 6.80. The minimum atomic E-state index is -1.88. The Morgan fingerprint density at radius 1 is 1.07 bits per heavy atom. The molecule has 1 atom stereocenters. The topological polar surface area (TPSA) is 29.3 Å². The van der Waals surface area contributed by atoms with Crippen LogP contribution in [0.3, 0.4) is 0 Å². The normalized spacial score (nSPS) is 24.2. The van der Waals surface area contributed by atoms with Crippen molar-refractivity contribution in [2.75, 3.05) is 13.1 Å².